The topological polar surface area (TPSA) is 107 Å². The lowest BCUT2D eigenvalue weighted by Gasteiger charge is -2.39. The molecule has 4 rings (SSSR count). The van der Waals surface area contributed by atoms with Crippen LogP contribution in [0.4, 0.5) is 0 Å². The summed E-state index contributed by atoms with van der Waals surface area (Å²) in [6, 6.07) is 7.29. The van der Waals surface area contributed by atoms with Crippen LogP contribution in [-0.4, -0.2) is 74.7 Å². The number of fused-ring (bicyclic) bond motifs is 1. The van der Waals surface area contributed by atoms with Gasteiger partial charge in [0.25, 0.3) is 0 Å². The molecule has 36 heavy (non-hydrogen) atoms. The second kappa shape index (κ2) is 10.3. The number of hydrogen-bond acceptors (Lipinski definition) is 5. The van der Waals surface area contributed by atoms with Crippen molar-refractivity contribution in [3.05, 3.63) is 48.6 Å². The maximum atomic E-state index is 14.3. The quantitative estimate of drug-likeness (QED) is 0.339. The van der Waals surface area contributed by atoms with Crippen LogP contribution >= 0.6 is 0 Å². The van der Waals surface area contributed by atoms with Crippen molar-refractivity contribution in [2.75, 3.05) is 19.7 Å². The van der Waals surface area contributed by atoms with E-state index in [1.807, 2.05) is 37.3 Å². The molecule has 196 valence electrons. The van der Waals surface area contributed by atoms with Crippen LogP contribution in [-0.2, 0) is 19.1 Å². The molecule has 2 bridgehead atoms. The Morgan fingerprint density at radius 3 is 2.56 bits per heavy atom. The Balaban J connectivity index is 1.83. The standard InChI is InChI=1S/C28H38N2O6/c1-4-7-11-17-29(16-5-2)25(33)23-28-15-14-27(6-3,36-28)22(26(34)35)21(28)24(32)30(23)20(18-31)19-12-9-8-10-13-19/h5,8-10,12-13,20-23,31H,2,4,6-7,11,14-18H2,1,3H3,(H,34,35)/t20-,21+,22-,23?,27+,28?/m1/s1. The first-order valence-electron chi connectivity index (χ1n) is 13.1. The number of ether oxygens (including phenoxy) is 1. The van der Waals surface area contributed by atoms with Gasteiger partial charge in [0, 0.05) is 13.1 Å². The maximum absolute atomic E-state index is 14.3. The van der Waals surface area contributed by atoms with Gasteiger partial charge in [0.1, 0.15) is 17.6 Å². The van der Waals surface area contributed by atoms with Gasteiger partial charge in [-0.05, 0) is 31.2 Å². The average molecular weight is 499 g/mol. The van der Waals surface area contributed by atoms with E-state index in [1.165, 1.54) is 4.90 Å². The fraction of sp³-hybridized carbons (Fsp3) is 0.607. The van der Waals surface area contributed by atoms with E-state index in [9.17, 15) is 24.6 Å². The summed E-state index contributed by atoms with van der Waals surface area (Å²) in [4.78, 5) is 44.1. The number of aliphatic carboxylic acids is 1. The van der Waals surface area contributed by atoms with Crippen LogP contribution in [0.5, 0.6) is 0 Å². The molecule has 2 amide bonds. The van der Waals surface area contributed by atoms with Crippen LogP contribution in [0.15, 0.2) is 43.0 Å². The summed E-state index contributed by atoms with van der Waals surface area (Å²) < 4.78 is 6.62. The third kappa shape index (κ3) is 3.95. The molecule has 2 unspecified atom stereocenters. The minimum absolute atomic E-state index is 0.269. The molecule has 1 aromatic rings. The zero-order valence-corrected chi connectivity index (χ0v) is 21.3. The van der Waals surface area contributed by atoms with E-state index in [0.717, 1.165) is 19.3 Å². The number of hydrogen-bond donors (Lipinski definition) is 2. The van der Waals surface area contributed by atoms with E-state index in [2.05, 4.69) is 13.5 Å². The Kier molecular flexibility index (Phi) is 7.57. The summed E-state index contributed by atoms with van der Waals surface area (Å²) in [7, 11) is 0. The van der Waals surface area contributed by atoms with Gasteiger partial charge >= 0.3 is 5.97 Å². The molecule has 1 spiro atoms. The predicted octanol–water partition coefficient (Wildman–Crippen LogP) is 3.16. The lowest BCUT2D eigenvalue weighted by Crippen LogP contribution is -2.57. The molecule has 0 aliphatic carbocycles. The first-order valence-corrected chi connectivity index (χ1v) is 13.1. The largest absolute Gasteiger partial charge is 0.481 e. The van der Waals surface area contributed by atoms with E-state index >= 15 is 0 Å². The van der Waals surface area contributed by atoms with E-state index in [4.69, 9.17) is 4.74 Å². The van der Waals surface area contributed by atoms with Gasteiger partial charge in [0.15, 0.2) is 0 Å². The summed E-state index contributed by atoms with van der Waals surface area (Å²) in [5, 5.41) is 20.7. The number of amides is 2. The van der Waals surface area contributed by atoms with Crippen molar-refractivity contribution in [3.8, 4) is 0 Å². The summed E-state index contributed by atoms with van der Waals surface area (Å²) in [5.41, 5.74) is -1.51. The van der Waals surface area contributed by atoms with Crippen LogP contribution in [0.3, 0.4) is 0 Å². The number of aliphatic hydroxyl groups is 1. The zero-order chi connectivity index (χ0) is 26.1. The van der Waals surface area contributed by atoms with E-state index < -0.39 is 53.6 Å². The second-order valence-corrected chi connectivity index (χ2v) is 10.3. The second-order valence-electron chi connectivity index (χ2n) is 10.3. The van der Waals surface area contributed by atoms with Gasteiger partial charge in [-0.1, -0.05) is 63.1 Å². The molecule has 0 aromatic heterocycles. The number of carboxylic acids is 1. The normalized spacial score (nSPS) is 31.4. The highest BCUT2D eigenvalue weighted by Crippen LogP contribution is 2.65. The Morgan fingerprint density at radius 2 is 1.97 bits per heavy atom. The molecule has 1 aromatic carbocycles. The molecule has 8 heteroatoms. The Bertz CT molecular complexity index is 999. The van der Waals surface area contributed by atoms with Gasteiger partial charge < -0.3 is 24.7 Å². The van der Waals surface area contributed by atoms with Crippen molar-refractivity contribution < 1.29 is 29.3 Å². The van der Waals surface area contributed by atoms with E-state index in [0.29, 0.717) is 37.9 Å². The first-order chi connectivity index (χ1) is 17.3. The summed E-state index contributed by atoms with van der Waals surface area (Å²) in [6.07, 6.45) is 5.80. The summed E-state index contributed by atoms with van der Waals surface area (Å²) in [6.45, 7) is 8.22. The number of carboxylic acid groups (broad SMARTS) is 1. The molecule has 0 saturated carbocycles. The smallest absolute Gasteiger partial charge is 0.310 e. The Hall–Kier alpha value is -2.71. The van der Waals surface area contributed by atoms with Crippen LogP contribution in [0, 0.1) is 11.8 Å². The summed E-state index contributed by atoms with van der Waals surface area (Å²) in [5.74, 6) is -3.78. The van der Waals surface area contributed by atoms with Gasteiger partial charge in [0.2, 0.25) is 11.8 Å². The monoisotopic (exact) mass is 498 g/mol. The highest BCUT2D eigenvalue weighted by atomic mass is 16.5. The minimum Gasteiger partial charge on any atom is -0.481 e. The molecule has 2 N–H and O–H groups in total. The van der Waals surface area contributed by atoms with Crippen molar-refractivity contribution in [2.45, 2.75) is 75.7 Å². The molecule has 8 nitrogen and oxygen atoms in total. The van der Waals surface area contributed by atoms with Gasteiger partial charge in [-0.25, -0.2) is 0 Å². The number of unbranched alkanes of at least 4 members (excludes halogenated alkanes) is 2. The summed E-state index contributed by atoms with van der Waals surface area (Å²) >= 11 is 0. The molecular formula is C28H38N2O6. The van der Waals surface area contributed by atoms with Crippen molar-refractivity contribution in [1.29, 1.82) is 0 Å². The number of nitrogens with zero attached hydrogens (tertiary/aromatic N) is 2. The first kappa shape index (κ1) is 26.4. The molecular weight excluding hydrogens is 460 g/mol. The highest BCUT2D eigenvalue weighted by Gasteiger charge is 2.79. The molecule has 0 radical (unpaired) electrons. The van der Waals surface area contributed by atoms with Gasteiger partial charge in [-0.2, -0.15) is 0 Å². The van der Waals surface area contributed by atoms with Gasteiger partial charge in [-0.3, -0.25) is 14.4 Å². The van der Waals surface area contributed by atoms with Gasteiger partial charge in [0.05, 0.1) is 24.2 Å². The van der Waals surface area contributed by atoms with E-state index in [-0.39, 0.29) is 5.91 Å². The van der Waals surface area contributed by atoms with Crippen molar-refractivity contribution in [2.24, 2.45) is 11.8 Å². The molecule has 3 aliphatic rings. The van der Waals surface area contributed by atoms with E-state index in [1.54, 1.807) is 11.0 Å². The van der Waals surface area contributed by atoms with Crippen LogP contribution in [0.2, 0.25) is 0 Å². The number of aliphatic hydroxyl groups excluding tert-OH is 1. The third-order valence-electron chi connectivity index (χ3n) is 8.50. The number of rotatable bonds is 12. The fourth-order valence-electron chi connectivity index (χ4n) is 6.85. The number of benzene rings is 1. The number of carbonyl (C=O) groups is 3. The third-order valence-corrected chi connectivity index (χ3v) is 8.50. The SMILES string of the molecule is C=CCN(CCCCC)C(=O)C1N([C@H](CO)c2ccccc2)C(=O)[C@@H]2[C@H](C(=O)O)[C@]3(CC)CCC12O3. The molecule has 3 saturated heterocycles. The van der Waals surface area contributed by atoms with Crippen molar-refractivity contribution >= 4 is 17.8 Å². The zero-order valence-electron chi connectivity index (χ0n) is 21.3. The molecule has 3 heterocycles. The highest BCUT2D eigenvalue weighted by molar-refractivity contribution is 5.98. The number of likely N-dealkylation sites (tertiary alicyclic amines) is 1. The minimum atomic E-state index is -1.24. The molecule has 3 aliphatic heterocycles. The predicted molar refractivity (Wildman–Crippen MR) is 134 cm³/mol. The average Bonchev–Trinajstić information content (AvgIpc) is 3.48. The van der Waals surface area contributed by atoms with Crippen molar-refractivity contribution in [3.63, 3.8) is 0 Å². The lowest BCUT2D eigenvalue weighted by atomic mass is 9.65. The Labute approximate surface area is 212 Å². The molecule has 6 atom stereocenters. The van der Waals surface area contributed by atoms with Crippen LogP contribution in [0.25, 0.3) is 0 Å². The maximum Gasteiger partial charge on any atom is 0.310 e. The Morgan fingerprint density at radius 1 is 1.25 bits per heavy atom. The van der Waals surface area contributed by atoms with Crippen molar-refractivity contribution in [1.82, 2.24) is 9.80 Å². The van der Waals surface area contributed by atoms with Crippen LogP contribution < -0.4 is 0 Å². The number of carbonyl (C=O) groups excluding carboxylic acids is 2. The fourth-order valence-corrected chi connectivity index (χ4v) is 6.85. The molecule has 3 fully saturated rings. The van der Waals surface area contributed by atoms with Gasteiger partial charge in [-0.15, -0.1) is 6.58 Å². The van der Waals surface area contributed by atoms with Crippen LogP contribution in [0.1, 0.15) is 64.0 Å². The lowest BCUT2D eigenvalue weighted by molar-refractivity contribution is -0.160.